The first-order valence-electron chi connectivity index (χ1n) is 8.64. The first kappa shape index (κ1) is 19.7. The third kappa shape index (κ3) is 4.80. The number of nitrogens with zero attached hydrogens (tertiary/aromatic N) is 3. The zero-order chi connectivity index (χ0) is 19.6. The Hall–Kier alpha value is -2.09. The second-order valence-electron chi connectivity index (χ2n) is 6.61. The number of nitrogens with one attached hydrogen (secondary N) is 2. The molecule has 0 bridgehead atoms. The van der Waals surface area contributed by atoms with Crippen molar-refractivity contribution in [1.82, 2.24) is 20.2 Å². The lowest BCUT2D eigenvalue weighted by atomic mass is 10.1. The summed E-state index contributed by atoms with van der Waals surface area (Å²) in [4.78, 5) is 36.1. The van der Waals surface area contributed by atoms with Gasteiger partial charge in [0.15, 0.2) is 0 Å². The SMILES string of the molecule is C[C@@H](NC(=O)c1ccc(Cl)c(Cl)c1)c1cc(=O)[nH]c(N2CCN(C)CC2)n1. The lowest BCUT2D eigenvalue weighted by Crippen LogP contribution is -2.45. The summed E-state index contributed by atoms with van der Waals surface area (Å²) in [6, 6.07) is 5.63. The van der Waals surface area contributed by atoms with E-state index in [4.69, 9.17) is 23.2 Å². The highest BCUT2D eigenvalue weighted by molar-refractivity contribution is 6.42. The van der Waals surface area contributed by atoms with E-state index in [0.717, 1.165) is 26.2 Å². The van der Waals surface area contributed by atoms with Crippen LogP contribution in [0, 0.1) is 0 Å². The van der Waals surface area contributed by atoms with Gasteiger partial charge in [0.2, 0.25) is 5.95 Å². The van der Waals surface area contributed by atoms with Crippen LogP contribution < -0.4 is 15.8 Å². The molecule has 1 aliphatic heterocycles. The number of hydrogen-bond donors (Lipinski definition) is 2. The molecule has 7 nitrogen and oxygen atoms in total. The predicted molar refractivity (Wildman–Crippen MR) is 107 cm³/mol. The number of carbonyl (C=O) groups excluding carboxylic acids is 1. The molecule has 2 heterocycles. The van der Waals surface area contributed by atoms with E-state index in [2.05, 4.69) is 27.2 Å². The topological polar surface area (TPSA) is 81.3 Å². The van der Waals surface area contributed by atoms with Gasteiger partial charge in [-0.1, -0.05) is 23.2 Å². The zero-order valence-corrected chi connectivity index (χ0v) is 16.6. The van der Waals surface area contributed by atoms with E-state index in [1.807, 2.05) is 4.90 Å². The number of H-pyrrole nitrogens is 1. The van der Waals surface area contributed by atoms with Crippen LogP contribution in [-0.2, 0) is 0 Å². The number of rotatable bonds is 4. The van der Waals surface area contributed by atoms with Crippen molar-refractivity contribution >= 4 is 35.1 Å². The van der Waals surface area contributed by atoms with Gasteiger partial charge in [-0.05, 0) is 32.2 Å². The molecule has 0 unspecified atom stereocenters. The van der Waals surface area contributed by atoms with E-state index in [1.54, 1.807) is 19.1 Å². The number of anilines is 1. The molecule has 144 valence electrons. The first-order valence-corrected chi connectivity index (χ1v) is 9.40. The molecule has 1 fully saturated rings. The predicted octanol–water partition coefficient (Wildman–Crippen LogP) is 2.32. The Balaban J connectivity index is 1.76. The lowest BCUT2D eigenvalue weighted by molar-refractivity contribution is 0.0939. The van der Waals surface area contributed by atoms with E-state index in [0.29, 0.717) is 27.3 Å². The van der Waals surface area contributed by atoms with Gasteiger partial charge in [-0.25, -0.2) is 4.98 Å². The summed E-state index contributed by atoms with van der Waals surface area (Å²) < 4.78 is 0. The highest BCUT2D eigenvalue weighted by Crippen LogP contribution is 2.23. The quantitative estimate of drug-likeness (QED) is 0.809. The zero-order valence-electron chi connectivity index (χ0n) is 15.1. The minimum atomic E-state index is -0.444. The van der Waals surface area contributed by atoms with Crippen molar-refractivity contribution in [3.8, 4) is 0 Å². The fourth-order valence-corrected chi connectivity index (χ4v) is 3.14. The smallest absolute Gasteiger partial charge is 0.252 e. The van der Waals surface area contributed by atoms with Crippen LogP contribution in [-0.4, -0.2) is 54.0 Å². The van der Waals surface area contributed by atoms with Crippen molar-refractivity contribution < 1.29 is 4.79 Å². The van der Waals surface area contributed by atoms with Gasteiger partial charge in [0.25, 0.3) is 11.5 Å². The molecule has 9 heteroatoms. The Bertz CT molecular complexity index is 894. The number of carbonyl (C=O) groups is 1. The van der Waals surface area contributed by atoms with Gasteiger partial charge >= 0.3 is 0 Å². The Kier molecular flexibility index (Phi) is 6.04. The number of halogens is 2. The maximum Gasteiger partial charge on any atom is 0.252 e. The summed E-state index contributed by atoms with van der Waals surface area (Å²) in [6.07, 6.45) is 0. The number of piperazine rings is 1. The van der Waals surface area contributed by atoms with E-state index >= 15 is 0 Å². The van der Waals surface area contributed by atoms with Crippen LogP contribution in [0.25, 0.3) is 0 Å². The first-order chi connectivity index (χ1) is 12.8. The van der Waals surface area contributed by atoms with Crippen molar-refractivity contribution in [3.63, 3.8) is 0 Å². The Morgan fingerprint density at radius 3 is 2.56 bits per heavy atom. The highest BCUT2D eigenvalue weighted by atomic mass is 35.5. The number of hydrogen-bond acceptors (Lipinski definition) is 5. The maximum atomic E-state index is 12.5. The highest BCUT2D eigenvalue weighted by Gasteiger charge is 2.19. The van der Waals surface area contributed by atoms with Crippen LogP contribution in [0.5, 0.6) is 0 Å². The van der Waals surface area contributed by atoms with Crippen molar-refractivity contribution in [1.29, 1.82) is 0 Å². The molecular formula is C18H21Cl2N5O2. The van der Waals surface area contributed by atoms with Gasteiger partial charge in [-0.3, -0.25) is 14.6 Å². The Morgan fingerprint density at radius 2 is 1.89 bits per heavy atom. The van der Waals surface area contributed by atoms with Crippen molar-refractivity contribution in [2.45, 2.75) is 13.0 Å². The number of amides is 1. The van der Waals surface area contributed by atoms with Gasteiger partial charge in [-0.15, -0.1) is 0 Å². The van der Waals surface area contributed by atoms with Gasteiger partial charge < -0.3 is 15.1 Å². The van der Waals surface area contributed by atoms with Gasteiger partial charge in [0.05, 0.1) is 21.8 Å². The molecule has 1 atom stereocenters. The second-order valence-corrected chi connectivity index (χ2v) is 7.42. The molecule has 0 radical (unpaired) electrons. The van der Waals surface area contributed by atoms with Gasteiger partial charge in [0, 0.05) is 37.8 Å². The number of likely N-dealkylation sites (N-methyl/N-ethyl adjacent to an activating group) is 1. The normalized spacial score (nSPS) is 16.2. The Morgan fingerprint density at radius 1 is 1.19 bits per heavy atom. The molecule has 27 heavy (non-hydrogen) atoms. The van der Waals surface area contributed by atoms with Crippen LogP contribution in [0.15, 0.2) is 29.1 Å². The summed E-state index contributed by atoms with van der Waals surface area (Å²) in [5.74, 6) is 0.213. The van der Waals surface area contributed by atoms with Crippen molar-refractivity contribution in [2.24, 2.45) is 0 Å². The number of benzene rings is 1. The Labute approximate surface area is 167 Å². The monoisotopic (exact) mass is 409 g/mol. The fourth-order valence-electron chi connectivity index (χ4n) is 2.84. The van der Waals surface area contributed by atoms with Crippen molar-refractivity contribution in [3.05, 3.63) is 55.9 Å². The standard InChI is InChI=1S/C18H21Cl2N5O2/c1-11(21-17(27)12-3-4-13(19)14(20)9-12)15-10-16(26)23-18(22-15)25-7-5-24(2)6-8-25/h3-4,9-11H,5-8H2,1-2H3,(H,21,27)(H,22,23,26)/t11-/m1/s1. The van der Waals surface area contributed by atoms with E-state index in [1.165, 1.54) is 12.1 Å². The summed E-state index contributed by atoms with van der Waals surface area (Å²) in [7, 11) is 2.06. The molecular weight excluding hydrogens is 389 g/mol. The average Bonchev–Trinajstić information content (AvgIpc) is 2.64. The third-order valence-electron chi connectivity index (χ3n) is 4.52. The third-order valence-corrected chi connectivity index (χ3v) is 5.26. The number of aromatic nitrogens is 2. The molecule has 0 saturated carbocycles. The largest absolute Gasteiger partial charge is 0.344 e. The summed E-state index contributed by atoms with van der Waals surface area (Å²) >= 11 is 11.9. The summed E-state index contributed by atoms with van der Waals surface area (Å²) in [5.41, 5.74) is 0.644. The van der Waals surface area contributed by atoms with Crippen LogP contribution in [0.3, 0.4) is 0 Å². The fraction of sp³-hybridized carbons (Fsp3) is 0.389. The summed E-state index contributed by atoms with van der Waals surface area (Å²) in [5, 5.41) is 3.53. The van der Waals surface area contributed by atoms with Gasteiger partial charge in [-0.2, -0.15) is 0 Å². The number of aromatic amines is 1. The molecule has 0 aliphatic carbocycles. The maximum absolute atomic E-state index is 12.5. The molecule has 1 amide bonds. The molecule has 1 aromatic heterocycles. The van der Waals surface area contributed by atoms with Crippen LogP contribution in [0.2, 0.25) is 10.0 Å². The van der Waals surface area contributed by atoms with E-state index in [9.17, 15) is 9.59 Å². The van der Waals surface area contributed by atoms with Crippen molar-refractivity contribution in [2.75, 3.05) is 38.1 Å². The molecule has 1 saturated heterocycles. The minimum Gasteiger partial charge on any atom is -0.344 e. The average molecular weight is 410 g/mol. The molecule has 1 aliphatic rings. The van der Waals surface area contributed by atoms with Crippen LogP contribution in [0.4, 0.5) is 5.95 Å². The summed E-state index contributed by atoms with van der Waals surface area (Å²) in [6.45, 7) is 5.15. The molecule has 2 N–H and O–H groups in total. The van der Waals surface area contributed by atoms with E-state index < -0.39 is 6.04 Å². The van der Waals surface area contributed by atoms with Crippen LogP contribution >= 0.6 is 23.2 Å². The minimum absolute atomic E-state index is 0.246. The van der Waals surface area contributed by atoms with Crippen LogP contribution in [0.1, 0.15) is 29.0 Å². The lowest BCUT2D eigenvalue weighted by Gasteiger charge is -2.32. The van der Waals surface area contributed by atoms with Gasteiger partial charge in [0.1, 0.15) is 0 Å². The molecule has 2 aromatic rings. The molecule has 0 spiro atoms. The molecule has 3 rings (SSSR count). The molecule has 1 aromatic carbocycles. The van der Waals surface area contributed by atoms with E-state index in [-0.39, 0.29) is 11.5 Å². The second kappa shape index (κ2) is 8.29.